The normalized spacial score (nSPS) is 9.60. The van der Waals surface area contributed by atoms with Crippen molar-refractivity contribution in [3.05, 3.63) is 35.9 Å². The Kier molecular flexibility index (Phi) is 3.68. The second-order valence-electron chi connectivity index (χ2n) is 3.09. The summed E-state index contributed by atoms with van der Waals surface area (Å²) in [4.78, 5) is 22.3. The molecule has 0 spiro atoms. The van der Waals surface area contributed by atoms with Gasteiger partial charge in [0.05, 0.1) is 0 Å². The zero-order chi connectivity index (χ0) is 11.3. The van der Waals surface area contributed by atoms with Crippen molar-refractivity contribution < 1.29 is 14.7 Å². The van der Waals surface area contributed by atoms with E-state index in [4.69, 9.17) is 10.8 Å². The Hall–Kier alpha value is -2.04. The second-order valence-corrected chi connectivity index (χ2v) is 3.09. The monoisotopic (exact) mass is 208 g/mol. The molecule has 0 fully saturated rings. The summed E-state index contributed by atoms with van der Waals surface area (Å²) in [6, 6.07) is 9.02. The smallest absolute Gasteiger partial charge is 0.408 e. The van der Waals surface area contributed by atoms with Gasteiger partial charge in [-0.15, -0.1) is 0 Å². The number of hydrogen-bond acceptors (Lipinski definition) is 2. The number of carboxylic acid groups (broad SMARTS) is 1. The minimum absolute atomic E-state index is 0.166. The number of hydrogen-bond donors (Lipinski definition) is 2. The van der Waals surface area contributed by atoms with Crippen LogP contribution in [-0.2, 0) is 11.3 Å². The van der Waals surface area contributed by atoms with Crippen LogP contribution < -0.4 is 5.73 Å². The van der Waals surface area contributed by atoms with Gasteiger partial charge in [0.1, 0.15) is 6.54 Å². The third-order valence-corrected chi connectivity index (χ3v) is 1.83. The Morgan fingerprint density at radius 2 is 1.87 bits per heavy atom. The third kappa shape index (κ3) is 3.68. The van der Waals surface area contributed by atoms with E-state index in [9.17, 15) is 9.59 Å². The molecule has 5 nitrogen and oxygen atoms in total. The summed E-state index contributed by atoms with van der Waals surface area (Å²) in [6.07, 6.45) is -1.15. The van der Waals surface area contributed by atoms with E-state index >= 15 is 0 Å². The van der Waals surface area contributed by atoms with Crippen LogP contribution in [0.15, 0.2) is 30.3 Å². The SMILES string of the molecule is NC(=O)CN(Cc1ccccc1)C(=O)O. The van der Waals surface area contributed by atoms with Gasteiger partial charge in [0.2, 0.25) is 5.91 Å². The van der Waals surface area contributed by atoms with E-state index < -0.39 is 12.0 Å². The topological polar surface area (TPSA) is 83.6 Å². The molecule has 0 saturated carbocycles. The van der Waals surface area contributed by atoms with Crippen molar-refractivity contribution in [3.8, 4) is 0 Å². The summed E-state index contributed by atoms with van der Waals surface area (Å²) < 4.78 is 0. The van der Waals surface area contributed by atoms with Crippen molar-refractivity contribution in [3.63, 3.8) is 0 Å². The van der Waals surface area contributed by atoms with E-state index in [-0.39, 0.29) is 13.1 Å². The molecule has 15 heavy (non-hydrogen) atoms. The van der Waals surface area contributed by atoms with Crippen LogP contribution in [0.1, 0.15) is 5.56 Å². The average Bonchev–Trinajstić information content (AvgIpc) is 2.17. The number of carbonyl (C=O) groups is 2. The summed E-state index contributed by atoms with van der Waals surface area (Å²) in [5.41, 5.74) is 5.76. The molecular weight excluding hydrogens is 196 g/mol. The first kappa shape index (κ1) is 11.0. The van der Waals surface area contributed by atoms with Gasteiger partial charge < -0.3 is 10.8 Å². The van der Waals surface area contributed by atoms with E-state index in [2.05, 4.69) is 0 Å². The summed E-state index contributed by atoms with van der Waals surface area (Å²) in [5.74, 6) is -0.659. The Morgan fingerprint density at radius 1 is 1.27 bits per heavy atom. The molecule has 1 aromatic carbocycles. The van der Waals surface area contributed by atoms with E-state index in [0.717, 1.165) is 10.5 Å². The van der Waals surface area contributed by atoms with Crippen LogP contribution in [0.4, 0.5) is 4.79 Å². The van der Waals surface area contributed by atoms with Gasteiger partial charge in [0.25, 0.3) is 0 Å². The highest BCUT2D eigenvalue weighted by Gasteiger charge is 2.14. The Labute approximate surface area is 87.1 Å². The Morgan fingerprint density at radius 3 is 2.33 bits per heavy atom. The predicted molar refractivity (Wildman–Crippen MR) is 54.1 cm³/mol. The van der Waals surface area contributed by atoms with Crippen LogP contribution in [0.3, 0.4) is 0 Å². The number of nitrogens with zero attached hydrogens (tertiary/aromatic N) is 1. The molecule has 3 N–H and O–H groups in total. The van der Waals surface area contributed by atoms with Crippen LogP contribution in [0.2, 0.25) is 0 Å². The van der Waals surface area contributed by atoms with Gasteiger partial charge in [-0.2, -0.15) is 0 Å². The fraction of sp³-hybridized carbons (Fsp3) is 0.200. The lowest BCUT2D eigenvalue weighted by molar-refractivity contribution is -0.118. The molecule has 0 aliphatic heterocycles. The fourth-order valence-corrected chi connectivity index (χ4v) is 1.18. The molecule has 5 heteroatoms. The summed E-state index contributed by atoms with van der Waals surface area (Å²) in [5, 5.41) is 8.80. The lowest BCUT2D eigenvalue weighted by Gasteiger charge is -2.17. The van der Waals surface area contributed by atoms with Gasteiger partial charge in [-0.25, -0.2) is 4.79 Å². The van der Waals surface area contributed by atoms with Crippen molar-refractivity contribution >= 4 is 12.0 Å². The molecular formula is C10H12N2O3. The van der Waals surface area contributed by atoms with Crippen molar-refractivity contribution in [2.45, 2.75) is 6.54 Å². The van der Waals surface area contributed by atoms with Gasteiger partial charge in [-0.3, -0.25) is 9.69 Å². The maximum Gasteiger partial charge on any atom is 0.408 e. The highest BCUT2D eigenvalue weighted by atomic mass is 16.4. The van der Waals surface area contributed by atoms with Crippen LogP contribution in [0.5, 0.6) is 0 Å². The number of amides is 2. The largest absolute Gasteiger partial charge is 0.465 e. The molecule has 0 heterocycles. The number of benzene rings is 1. The molecule has 1 aromatic rings. The first-order valence-electron chi connectivity index (χ1n) is 4.39. The standard InChI is InChI=1S/C10H12N2O3/c11-9(13)7-12(10(14)15)6-8-4-2-1-3-5-8/h1-5H,6-7H2,(H2,11,13)(H,14,15). The van der Waals surface area contributed by atoms with Crippen molar-refractivity contribution in [1.82, 2.24) is 4.90 Å². The molecule has 0 aromatic heterocycles. The molecule has 0 saturated heterocycles. The van der Waals surface area contributed by atoms with Crippen LogP contribution in [-0.4, -0.2) is 28.6 Å². The molecule has 1 rings (SSSR count). The number of nitrogens with two attached hydrogens (primary N) is 1. The minimum Gasteiger partial charge on any atom is -0.465 e. The molecule has 0 aliphatic carbocycles. The first-order valence-corrected chi connectivity index (χ1v) is 4.39. The van der Waals surface area contributed by atoms with Gasteiger partial charge in [-0.05, 0) is 5.56 Å². The number of primary amides is 1. The predicted octanol–water partition coefficient (Wildman–Crippen LogP) is 0.652. The summed E-state index contributed by atoms with van der Waals surface area (Å²) >= 11 is 0. The van der Waals surface area contributed by atoms with Gasteiger partial charge in [-0.1, -0.05) is 30.3 Å². The number of carbonyl (C=O) groups excluding carboxylic acids is 1. The second kappa shape index (κ2) is 4.99. The molecule has 0 atom stereocenters. The summed E-state index contributed by atoms with van der Waals surface area (Å²) in [7, 11) is 0. The number of rotatable bonds is 4. The first-order chi connectivity index (χ1) is 7.09. The van der Waals surface area contributed by atoms with E-state index in [0.29, 0.717) is 0 Å². The van der Waals surface area contributed by atoms with Crippen molar-refractivity contribution in [2.24, 2.45) is 5.73 Å². The quantitative estimate of drug-likeness (QED) is 0.762. The molecule has 0 bridgehead atoms. The lowest BCUT2D eigenvalue weighted by atomic mass is 10.2. The van der Waals surface area contributed by atoms with Crippen molar-refractivity contribution in [2.75, 3.05) is 6.54 Å². The van der Waals surface area contributed by atoms with Gasteiger partial charge in [0.15, 0.2) is 0 Å². The highest BCUT2D eigenvalue weighted by molar-refractivity contribution is 5.80. The Balaban J connectivity index is 2.67. The van der Waals surface area contributed by atoms with Crippen LogP contribution in [0, 0.1) is 0 Å². The van der Waals surface area contributed by atoms with E-state index in [1.54, 1.807) is 24.3 Å². The van der Waals surface area contributed by atoms with Gasteiger partial charge >= 0.3 is 6.09 Å². The van der Waals surface area contributed by atoms with E-state index in [1.165, 1.54) is 0 Å². The molecule has 80 valence electrons. The van der Waals surface area contributed by atoms with E-state index in [1.807, 2.05) is 6.07 Å². The maximum atomic E-state index is 10.8. The van der Waals surface area contributed by atoms with Crippen LogP contribution >= 0.6 is 0 Å². The molecule has 0 unspecified atom stereocenters. The minimum atomic E-state index is -1.15. The van der Waals surface area contributed by atoms with Crippen LogP contribution in [0.25, 0.3) is 0 Å². The maximum absolute atomic E-state index is 10.8. The lowest BCUT2D eigenvalue weighted by Crippen LogP contribution is -2.36. The fourth-order valence-electron chi connectivity index (χ4n) is 1.18. The molecule has 0 aliphatic rings. The zero-order valence-corrected chi connectivity index (χ0v) is 8.09. The third-order valence-electron chi connectivity index (χ3n) is 1.83. The van der Waals surface area contributed by atoms with Gasteiger partial charge in [0, 0.05) is 6.54 Å². The molecule has 2 amide bonds. The average molecular weight is 208 g/mol. The summed E-state index contributed by atoms with van der Waals surface area (Å²) in [6.45, 7) is -0.122. The van der Waals surface area contributed by atoms with Crippen molar-refractivity contribution in [1.29, 1.82) is 0 Å². The highest BCUT2D eigenvalue weighted by Crippen LogP contribution is 2.03. The Bertz CT molecular complexity index is 351. The zero-order valence-electron chi connectivity index (χ0n) is 8.09. The molecule has 0 radical (unpaired) electrons.